The van der Waals surface area contributed by atoms with Gasteiger partial charge in [-0.1, -0.05) is 0 Å². The van der Waals surface area contributed by atoms with Gasteiger partial charge in [0.25, 0.3) is 0 Å². The second kappa shape index (κ2) is 9.21. The molecule has 0 bridgehead atoms. The third-order valence-corrected chi connectivity index (χ3v) is 6.15. The molecule has 1 aromatic carbocycles. The number of rotatable bonds is 6. The first kappa shape index (κ1) is 22.6. The molecule has 4 heterocycles. The van der Waals surface area contributed by atoms with Crippen LogP contribution in [0.3, 0.4) is 0 Å². The van der Waals surface area contributed by atoms with Gasteiger partial charge in [-0.2, -0.15) is 0 Å². The molecule has 10 heteroatoms. The molecule has 180 valence electrons. The fourth-order valence-corrected chi connectivity index (χ4v) is 4.49. The predicted molar refractivity (Wildman–Crippen MR) is 127 cm³/mol. The highest BCUT2D eigenvalue weighted by Gasteiger charge is 2.30. The monoisotopic (exact) mass is 478 g/mol. The van der Waals surface area contributed by atoms with E-state index in [0.29, 0.717) is 58.6 Å². The van der Waals surface area contributed by atoms with Crippen LogP contribution >= 0.6 is 0 Å². The number of anilines is 1. The average Bonchev–Trinajstić information content (AvgIpc) is 3.52. The van der Waals surface area contributed by atoms with E-state index in [4.69, 9.17) is 20.2 Å². The summed E-state index contributed by atoms with van der Waals surface area (Å²) in [5, 5.41) is 0. The molecule has 0 spiro atoms. The van der Waals surface area contributed by atoms with Gasteiger partial charge in [0.1, 0.15) is 23.1 Å². The van der Waals surface area contributed by atoms with Gasteiger partial charge in [-0.05, 0) is 37.1 Å². The maximum absolute atomic E-state index is 14.5. The number of hydrogen-bond acceptors (Lipinski definition) is 7. The van der Waals surface area contributed by atoms with Crippen molar-refractivity contribution in [3.8, 4) is 11.5 Å². The third kappa shape index (κ3) is 4.11. The largest absolute Gasteiger partial charge is 0.493 e. The number of halogens is 2. The number of ether oxygens (including phenoxy) is 2. The topological polar surface area (TPSA) is 90.8 Å². The molecule has 1 fully saturated rings. The highest BCUT2D eigenvalue weighted by Crippen LogP contribution is 2.37. The van der Waals surface area contributed by atoms with E-state index in [-0.39, 0.29) is 6.04 Å². The van der Waals surface area contributed by atoms with Gasteiger partial charge in [0.05, 0.1) is 37.7 Å². The minimum atomic E-state index is -0.468. The molecule has 1 atom stereocenters. The van der Waals surface area contributed by atoms with Crippen molar-refractivity contribution >= 4 is 17.0 Å². The van der Waals surface area contributed by atoms with Crippen LogP contribution in [0.4, 0.5) is 14.6 Å². The Hall–Kier alpha value is -4.21. The van der Waals surface area contributed by atoms with Crippen molar-refractivity contribution in [2.24, 2.45) is 5.73 Å². The molecule has 1 aliphatic heterocycles. The zero-order chi connectivity index (χ0) is 24.5. The van der Waals surface area contributed by atoms with Crippen LogP contribution in [0.5, 0.6) is 11.5 Å². The number of fused-ring (bicyclic) bond motifs is 1. The van der Waals surface area contributed by atoms with E-state index in [2.05, 4.69) is 9.97 Å². The number of methoxy groups -OCH3 is 2. The maximum Gasteiger partial charge on any atom is 0.177 e. The van der Waals surface area contributed by atoms with Crippen molar-refractivity contribution in [2.75, 3.05) is 25.7 Å². The van der Waals surface area contributed by atoms with E-state index in [1.807, 2.05) is 4.90 Å². The highest BCUT2D eigenvalue weighted by molar-refractivity contribution is 5.75. The Morgan fingerprint density at radius 3 is 2.69 bits per heavy atom. The Bertz CT molecular complexity index is 1380. The number of imidazole rings is 1. The molecule has 5 rings (SSSR count). The second-order valence-corrected chi connectivity index (χ2v) is 8.14. The number of nitrogens with zero attached hydrogens (tertiary/aromatic N) is 5. The lowest BCUT2D eigenvalue weighted by Crippen LogP contribution is -2.25. The first-order chi connectivity index (χ1) is 17.0. The van der Waals surface area contributed by atoms with E-state index in [1.165, 1.54) is 12.3 Å². The number of nitrogens with two attached hydrogens (primary N) is 1. The van der Waals surface area contributed by atoms with E-state index >= 15 is 0 Å². The zero-order valence-electron chi connectivity index (χ0n) is 19.3. The van der Waals surface area contributed by atoms with Crippen LogP contribution in [0.15, 0.2) is 55.1 Å². The van der Waals surface area contributed by atoms with Crippen LogP contribution in [0, 0.1) is 11.6 Å². The van der Waals surface area contributed by atoms with Gasteiger partial charge >= 0.3 is 0 Å². The second-order valence-electron chi connectivity index (χ2n) is 8.14. The minimum Gasteiger partial charge on any atom is -0.493 e. The lowest BCUT2D eigenvalue weighted by atomic mass is 10.0. The van der Waals surface area contributed by atoms with Crippen LogP contribution in [-0.2, 0) is 0 Å². The molecule has 1 aliphatic rings. The Morgan fingerprint density at radius 1 is 1.09 bits per heavy atom. The molecule has 0 amide bonds. The molecule has 0 aliphatic carbocycles. The zero-order valence-corrected chi connectivity index (χ0v) is 19.3. The van der Waals surface area contributed by atoms with Gasteiger partial charge in [0.2, 0.25) is 0 Å². The van der Waals surface area contributed by atoms with E-state index in [0.717, 1.165) is 18.6 Å². The van der Waals surface area contributed by atoms with Gasteiger partial charge in [-0.25, -0.2) is 23.7 Å². The third-order valence-electron chi connectivity index (χ3n) is 6.15. The van der Waals surface area contributed by atoms with Crippen molar-refractivity contribution in [3.63, 3.8) is 0 Å². The molecule has 3 aromatic heterocycles. The molecule has 0 unspecified atom stereocenters. The fourth-order valence-electron chi connectivity index (χ4n) is 4.49. The predicted octanol–water partition coefficient (Wildman–Crippen LogP) is 4.11. The maximum atomic E-state index is 14.5. The smallest absolute Gasteiger partial charge is 0.177 e. The first-order valence-corrected chi connectivity index (χ1v) is 11.1. The summed E-state index contributed by atoms with van der Waals surface area (Å²) in [4.78, 5) is 15.7. The molecular weight excluding hydrogens is 454 g/mol. The number of benzene rings is 1. The Morgan fingerprint density at radius 2 is 1.91 bits per heavy atom. The van der Waals surface area contributed by atoms with Gasteiger partial charge in [0.15, 0.2) is 17.3 Å². The Balaban J connectivity index is 1.50. The first-order valence-electron chi connectivity index (χ1n) is 11.1. The van der Waals surface area contributed by atoms with Crippen LogP contribution in [0.25, 0.3) is 11.2 Å². The average molecular weight is 479 g/mol. The van der Waals surface area contributed by atoms with Crippen molar-refractivity contribution < 1.29 is 18.3 Å². The summed E-state index contributed by atoms with van der Waals surface area (Å²) in [6.45, 7) is 0.659. The lowest BCUT2D eigenvalue weighted by molar-refractivity contribution is 0.353. The molecule has 0 radical (unpaired) electrons. The molecule has 4 aromatic rings. The molecule has 8 nitrogen and oxygen atoms in total. The summed E-state index contributed by atoms with van der Waals surface area (Å²) in [5.74, 6) is 1.19. The standard InChI is InChI=1S/C25H24F2N6O2/c1-34-21-11-24-30-19(13-32(24)14-22(21)35-2)17(12-28)25-29-8-7-23(31-25)33-9-3-4-20(33)16-10-15(26)5-6-18(16)27/h5-8,10-14,20H,3-4,9,28H2,1-2H3/t20-/m1/s1. The number of hydrogen-bond donors (Lipinski definition) is 1. The van der Waals surface area contributed by atoms with Gasteiger partial charge in [0, 0.05) is 36.8 Å². The Kier molecular flexibility index (Phi) is 5.94. The SMILES string of the molecule is COc1cc2nc(C(=CN)c3nccc(N4CCC[C@@H]4c4cc(F)ccc4F)n3)cn2cc1OC. The Labute approximate surface area is 200 Å². The van der Waals surface area contributed by atoms with Gasteiger partial charge in [-0.3, -0.25) is 0 Å². The summed E-state index contributed by atoms with van der Waals surface area (Å²) in [5.41, 5.74) is 8.03. The summed E-state index contributed by atoms with van der Waals surface area (Å²) in [6, 6.07) is 6.73. The molecular formula is C25H24F2N6O2. The molecule has 0 saturated carbocycles. The molecule has 35 heavy (non-hydrogen) atoms. The quantitative estimate of drug-likeness (QED) is 0.446. The molecule has 1 saturated heterocycles. The lowest BCUT2D eigenvalue weighted by Gasteiger charge is -2.26. The van der Waals surface area contributed by atoms with Gasteiger partial charge < -0.3 is 24.5 Å². The summed E-state index contributed by atoms with van der Waals surface area (Å²) in [6.07, 6.45) is 8.11. The highest BCUT2D eigenvalue weighted by atomic mass is 19.1. The van der Waals surface area contributed by atoms with Crippen LogP contribution in [0.1, 0.15) is 36.0 Å². The van der Waals surface area contributed by atoms with Crippen molar-refractivity contribution in [2.45, 2.75) is 18.9 Å². The normalized spacial score (nSPS) is 16.2. The molecule has 2 N–H and O–H groups in total. The summed E-state index contributed by atoms with van der Waals surface area (Å²) >= 11 is 0. The van der Waals surface area contributed by atoms with Crippen molar-refractivity contribution in [3.05, 3.63) is 83.8 Å². The number of pyridine rings is 1. The minimum absolute atomic E-state index is 0.320. The summed E-state index contributed by atoms with van der Waals surface area (Å²) in [7, 11) is 3.12. The van der Waals surface area contributed by atoms with Crippen LogP contribution < -0.4 is 20.1 Å². The van der Waals surface area contributed by atoms with Crippen molar-refractivity contribution in [1.82, 2.24) is 19.4 Å². The van der Waals surface area contributed by atoms with Crippen molar-refractivity contribution in [1.29, 1.82) is 0 Å². The summed E-state index contributed by atoms with van der Waals surface area (Å²) < 4.78 is 40.9. The van der Waals surface area contributed by atoms with E-state index in [9.17, 15) is 8.78 Å². The van der Waals surface area contributed by atoms with Crippen LogP contribution in [-0.4, -0.2) is 40.1 Å². The number of aromatic nitrogens is 4. The van der Waals surface area contributed by atoms with Gasteiger partial charge in [-0.15, -0.1) is 0 Å². The van der Waals surface area contributed by atoms with E-state index < -0.39 is 11.6 Å². The van der Waals surface area contributed by atoms with Crippen LogP contribution in [0.2, 0.25) is 0 Å². The fraction of sp³-hybridized carbons (Fsp3) is 0.240. The van der Waals surface area contributed by atoms with E-state index in [1.54, 1.807) is 49.3 Å².